The molecule has 4 heteroatoms. The molecule has 0 fully saturated rings. The molecule has 0 aliphatic carbocycles. The molecule has 0 amide bonds. The third-order valence-electron chi connectivity index (χ3n) is 3.30. The van der Waals surface area contributed by atoms with Gasteiger partial charge in [0.15, 0.2) is 5.37 Å². The van der Waals surface area contributed by atoms with Crippen molar-refractivity contribution in [2.45, 2.75) is 16.8 Å². The van der Waals surface area contributed by atoms with E-state index < -0.39 is 0 Å². The SMILES string of the molecule is COc1ccccc1C1Sc2ccccc2C[NH+]1[O-]. The summed E-state index contributed by atoms with van der Waals surface area (Å²) in [6.07, 6.45) is 0. The van der Waals surface area contributed by atoms with Crippen LogP contribution in [0, 0.1) is 5.21 Å². The molecule has 98 valence electrons. The molecule has 2 atom stereocenters. The van der Waals surface area contributed by atoms with Gasteiger partial charge in [0.1, 0.15) is 12.3 Å². The number of fused-ring (bicyclic) bond motifs is 1. The molecule has 3 rings (SSSR count). The van der Waals surface area contributed by atoms with Crippen LogP contribution in [0.4, 0.5) is 0 Å². The zero-order valence-corrected chi connectivity index (χ0v) is 11.4. The molecule has 1 heterocycles. The van der Waals surface area contributed by atoms with Crippen LogP contribution in [-0.4, -0.2) is 7.11 Å². The van der Waals surface area contributed by atoms with Gasteiger partial charge >= 0.3 is 0 Å². The highest BCUT2D eigenvalue weighted by atomic mass is 32.2. The number of hydrogen-bond acceptors (Lipinski definition) is 3. The van der Waals surface area contributed by atoms with Gasteiger partial charge in [0, 0.05) is 10.5 Å². The van der Waals surface area contributed by atoms with Crippen LogP contribution in [0.5, 0.6) is 5.75 Å². The van der Waals surface area contributed by atoms with E-state index in [2.05, 4.69) is 6.07 Å². The molecule has 0 spiro atoms. The number of thioether (sulfide) groups is 1. The Morgan fingerprint density at radius 1 is 1.16 bits per heavy atom. The fourth-order valence-corrected chi connectivity index (χ4v) is 3.60. The summed E-state index contributed by atoms with van der Waals surface area (Å²) in [5.74, 6) is 0.785. The standard InChI is InChI=1S/C15H15NO2S/c1-18-13-8-4-3-7-12(13)15-16(17)10-11-6-2-5-9-14(11)19-15/h2-9,15-16H,10H2,1H3. The van der Waals surface area contributed by atoms with Gasteiger partial charge in [-0.25, -0.2) is 0 Å². The van der Waals surface area contributed by atoms with Crippen LogP contribution < -0.4 is 9.80 Å². The van der Waals surface area contributed by atoms with E-state index >= 15 is 0 Å². The molecule has 1 aliphatic heterocycles. The van der Waals surface area contributed by atoms with Crippen LogP contribution in [-0.2, 0) is 6.54 Å². The minimum Gasteiger partial charge on any atom is -0.633 e. The maximum absolute atomic E-state index is 12.3. The normalized spacial score (nSPS) is 21.8. The average molecular weight is 273 g/mol. The van der Waals surface area contributed by atoms with Gasteiger partial charge in [-0.15, -0.1) is 0 Å². The van der Waals surface area contributed by atoms with Gasteiger partial charge in [0.05, 0.1) is 12.7 Å². The van der Waals surface area contributed by atoms with Crippen LogP contribution in [0.3, 0.4) is 0 Å². The predicted octanol–water partition coefficient (Wildman–Crippen LogP) is 2.38. The highest BCUT2D eigenvalue weighted by Gasteiger charge is 2.29. The molecule has 2 aromatic carbocycles. The summed E-state index contributed by atoms with van der Waals surface area (Å²) in [6, 6.07) is 15.9. The van der Waals surface area contributed by atoms with Crippen molar-refractivity contribution in [1.82, 2.24) is 0 Å². The number of methoxy groups -OCH3 is 1. The number of benzene rings is 2. The van der Waals surface area contributed by atoms with Crippen molar-refractivity contribution in [2.75, 3.05) is 7.11 Å². The molecule has 2 unspecified atom stereocenters. The van der Waals surface area contributed by atoms with Gasteiger partial charge in [0.25, 0.3) is 0 Å². The lowest BCUT2D eigenvalue weighted by Gasteiger charge is -2.36. The van der Waals surface area contributed by atoms with Gasteiger partial charge in [-0.3, -0.25) is 0 Å². The summed E-state index contributed by atoms with van der Waals surface area (Å²) in [5.41, 5.74) is 2.10. The lowest BCUT2D eigenvalue weighted by Crippen LogP contribution is -3.06. The van der Waals surface area contributed by atoms with Crippen LogP contribution in [0.15, 0.2) is 53.4 Å². The number of hydroxylamine groups is 2. The molecule has 0 saturated heterocycles. The number of para-hydroxylation sites is 1. The quantitative estimate of drug-likeness (QED) is 0.854. The Labute approximate surface area is 116 Å². The largest absolute Gasteiger partial charge is 0.633 e. The zero-order chi connectivity index (χ0) is 13.2. The molecule has 3 nitrogen and oxygen atoms in total. The van der Waals surface area contributed by atoms with Crippen molar-refractivity contribution >= 4 is 11.8 Å². The fraction of sp³-hybridized carbons (Fsp3) is 0.200. The average Bonchev–Trinajstić information content (AvgIpc) is 2.46. The number of hydrogen-bond donors (Lipinski definition) is 1. The Kier molecular flexibility index (Phi) is 3.46. The highest BCUT2D eigenvalue weighted by Crippen LogP contribution is 2.39. The maximum Gasteiger partial charge on any atom is 0.168 e. The minimum absolute atomic E-state index is 0.161. The van der Waals surface area contributed by atoms with Crippen molar-refractivity contribution in [3.63, 3.8) is 0 Å². The number of ether oxygens (including phenoxy) is 1. The molecule has 19 heavy (non-hydrogen) atoms. The second-order valence-corrected chi connectivity index (χ2v) is 5.64. The summed E-state index contributed by atoms with van der Waals surface area (Å²) < 4.78 is 5.37. The van der Waals surface area contributed by atoms with Crippen molar-refractivity contribution in [3.05, 3.63) is 64.9 Å². The van der Waals surface area contributed by atoms with Crippen molar-refractivity contribution in [1.29, 1.82) is 0 Å². The van der Waals surface area contributed by atoms with E-state index in [1.165, 1.54) is 4.90 Å². The molecular formula is C15H15NO2S. The van der Waals surface area contributed by atoms with Gasteiger partial charge in [-0.05, 0) is 18.2 Å². The zero-order valence-electron chi connectivity index (χ0n) is 10.6. The third kappa shape index (κ3) is 2.34. The highest BCUT2D eigenvalue weighted by molar-refractivity contribution is 7.99. The minimum atomic E-state index is -0.161. The summed E-state index contributed by atoms with van der Waals surface area (Å²) >= 11 is 1.62. The van der Waals surface area contributed by atoms with Crippen molar-refractivity contribution < 1.29 is 9.80 Å². The summed E-state index contributed by atoms with van der Waals surface area (Å²) in [6.45, 7) is 0.506. The first-order valence-electron chi connectivity index (χ1n) is 6.20. The van der Waals surface area contributed by atoms with Crippen molar-refractivity contribution in [2.24, 2.45) is 0 Å². The predicted molar refractivity (Wildman–Crippen MR) is 76.1 cm³/mol. The molecule has 1 aliphatic rings. The summed E-state index contributed by atoms with van der Waals surface area (Å²) in [7, 11) is 1.64. The monoisotopic (exact) mass is 273 g/mol. The van der Waals surface area contributed by atoms with Gasteiger partial charge < -0.3 is 15.0 Å². The topological polar surface area (TPSA) is 36.7 Å². The van der Waals surface area contributed by atoms with Gasteiger partial charge in [0.2, 0.25) is 0 Å². The van der Waals surface area contributed by atoms with Crippen LogP contribution in [0.25, 0.3) is 0 Å². The Morgan fingerprint density at radius 2 is 1.89 bits per heavy atom. The first-order valence-corrected chi connectivity index (χ1v) is 7.08. The number of rotatable bonds is 2. The van der Waals surface area contributed by atoms with Crippen LogP contribution in [0.2, 0.25) is 0 Å². The second kappa shape index (κ2) is 5.25. The molecular weight excluding hydrogens is 258 g/mol. The molecule has 1 N–H and O–H groups in total. The maximum atomic E-state index is 12.3. The Morgan fingerprint density at radius 3 is 2.74 bits per heavy atom. The Bertz CT molecular complexity index is 588. The van der Waals surface area contributed by atoms with Crippen LogP contribution >= 0.6 is 11.8 Å². The molecule has 0 radical (unpaired) electrons. The lowest BCUT2D eigenvalue weighted by atomic mass is 10.1. The lowest BCUT2D eigenvalue weighted by molar-refractivity contribution is -0.880. The van der Waals surface area contributed by atoms with Crippen molar-refractivity contribution in [3.8, 4) is 5.75 Å². The van der Waals surface area contributed by atoms with E-state index in [9.17, 15) is 5.21 Å². The molecule has 0 bridgehead atoms. The van der Waals surface area contributed by atoms with Gasteiger partial charge in [-0.2, -0.15) is 0 Å². The first kappa shape index (κ1) is 12.5. The molecule has 0 aromatic heterocycles. The number of nitrogens with one attached hydrogen (secondary N) is 1. The Hall–Kier alpha value is -1.49. The van der Waals surface area contributed by atoms with Crippen LogP contribution in [0.1, 0.15) is 16.5 Å². The first-order chi connectivity index (χ1) is 9.29. The third-order valence-corrected chi connectivity index (χ3v) is 4.70. The van der Waals surface area contributed by atoms with E-state index in [0.29, 0.717) is 6.54 Å². The number of quaternary nitrogens is 1. The fourth-order valence-electron chi connectivity index (χ4n) is 2.36. The van der Waals surface area contributed by atoms with E-state index in [-0.39, 0.29) is 10.4 Å². The summed E-state index contributed by atoms with van der Waals surface area (Å²) in [5, 5.41) is 12.4. The summed E-state index contributed by atoms with van der Waals surface area (Å²) in [4.78, 5) is 1.19. The smallest absolute Gasteiger partial charge is 0.168 e. The molecule has 0 saturated carbocycles. The van der Waals surface area contributed by atoms with E-state index in [1.807, 2.05) is 42.5 Å². The van der Waals surface area contributed by atoms with Gasteiger partial charge in [-0.1, -0.05) is 42.1 Å². The Balaban J connectivity index is 1.98. The van der Waals surface area contributed by atoms with E-state index in [1.54, 1.807) is 18.9 Å². The molecule has 2 aromatic rings. The van der Waals surface area contributed by atoms with E-state index in [0.717, 1.165) is 16.9 Å². The second-order valence-electron chi connectivity index (χ2n) is 4.49. The van der Waals surface area contributed by atoms with E-state index in [4.69, 9.17) is 4.74 Å².